The number of nitrogens with zero attached hydrogens (tertiary/aromatic N) is 1. The first-order valence-electron chi connectivity index (χ1n) is 8.06. The second-order valence-corrected chi connectivity index (χ2v) is 6.36. The lowest BCUT2D eigenvalue weighted by molar-refractivity contribution is -0.127. The van der Waals surface area contributed by atoms with Gasteiger partial charge in [0.25, 0.3) is 5.56 Å². The molecule has 1 aromatic carbocycles. The number of benzene rings is 1. The number of aryl methyl sites for hydroxylation is 1. The van der Waals surface area contributed by atoms with E-state index in [4.69, 9.17) is 4.74 Å². The van der Waals surface area contributed by atoms with Gasteiger partial charge >= 0.3 is 0 Å². The van der Waals surface area contributed by atoms with Crippen molar-refractivity contribution in [2.75, 3.05) is 11.9 Å². The summed E-state index contributed by atoms with van der Waals surface area (Å²) < 4.78 is 7.24. The predicted octanol–water partition coefficient (Wildman–Crippen LogP) is 3.05. The molecule has 1 N–H and O–H groups in total. The molecule has 0 unspecified atom stereocenters. The zero-order valence-corrected chi connectivity index (χ0v) is 14.4. The summed E-state index contributed by atoms with van der Waals surface area (Å²) in [6.07, 6.45) is 1.65. The molecule has 0 fully saturated rings. The van der Waals surface area contributed by atoms with Gasteiger partial charge in [-0.3, -0.25) is 9.59 Å². The molecular formula is C19H24N2O3. The molecule has 0 bridgehead atoms. The smallest absolute Gasteiger partial charge is 0.250 e. The van der Waals surface area contributed by atoms with E-state index in [-0.39, 0.29) is 11.5 Å². The van der Waals surface area contributed by atoms with Crippen molar-refractivity contribution in [1.29, 1.82) is 0 Å². The lowest BCUT2D eigenvalue weighted by Crippen LogP contribution is -2.35. The lowest BCUT2D eigenvalue weighted by atomic mass is 9.93. The zero-order valence-electron chi connectivity index (χ0n) is 14.4. The fourth-order valence-electron chi connectivity index (χ4n) is 2.22. The van der Waals surface area contributed by atoms with Crippen LogP contribution in [0.4, 0.5) is 5.69 Å². The van der Waals surface area contributed by atoms with Crippen molar-refractivity contribution in [1.82, 2.24) is 4.57 Å². The monoisotopic (exact) mass is 328 g/mol. The summed E-state index contributed by atoms with van der Waals surface area (Å²) in [5.74, 6) is -0.142. The van der Waals surface area contributed by atoms with Crippen LogP contribution in [0.1, 0.15) is 26.3 Å². The number of carbonyl (C=O) groups excluding carboxylic acids is 1. The average Bonchev–Trinajstić information content (AvgIpc) is 2.57. The molecule has 5 heteroatoms. The SMILES string of the molecule is CCn1cc(NC(=O)C(C)(C)COCc2ccccc2)ccc1=O. The number of nitrogens with one attached hydrogen (secondary N) is 1. The Hall–Kier alpha value is -2.40. The van der Waals surface area contributed by atoms with E-state index in [0.717, 1.165) is 5.56 Å². The Bertz CT molecular complexity index is 736. The van der Waals surface area contributed by atoms with Gasteiger partial charge in [0.1, 0.15) is 0 Å². The van der Waals surface area contributed by atoms with Crippen LogP contribution in [0.3, 0.4) is 0 Å². The number of rotatable bonds is 7. The Morgan fingerprint density at radius 2 is 1.88 bits per heavy atom. The Labute approximate surface area is 142 Å². The van der Waals surface area contributed by atoms with E-state index in [1.54, 1.807) is 16.8 Å². The first kappa shape index (κ1) is 17.9. The molecular weight excluding hydrogens is 304 g/mol. The maximum absolute atomic E-state index is 12.5. The molecule has 0 spiro atoms. The summed E-state index contributed by atoms with van der Waals surface area (Å²) in [5, 5.41) is 2.85. The quantitative estimate of drug-likeness (QED) is 0.850. The van der Waals surface area contributed by atoms with Crippen molar-refractivity contribution >= 4 is 11.6 Å². The molecule has 0 atom stereocenters. The van der Waals surface area contributed by atoms with Gasteiger partial charge in [-0.25, -0.2) is 0 Å². The number of hydrogen-bond donors (Lipinski definition) is 1. The highest BCUT2D eigenvalue weighted by Crippen LogP contribution is 2.19. The minimum absolute atomic E-state index is 0.0825. The van der Waals surface area contributed by atoms with Crippen molar-refractivity contribution in [2.45, 2.75) is 33.9 Å². The Morgan fingerprint density at radius 3 is 2.54 bits per heavy atom. The molecule has 2 aromatic rings. The summed E-state index contributed by atoms with van der Waals surface area (Å²) in [5.41, 5.74) is 0.921. The standard InChI is InChI=1S/C19H24N2O3/c1-4-21-12-16(10-11-17(21)22)20-18(23)19(2,3)14-24-13-15-8-6-5-7-9-15/h5-12H,4,13-14H2,1-3H3,(H,20,23). The van der Waals surface area contributed by atoms with Crippen molar-refractivity contribution in [3.8, 4) is 0 Å². The van der Waals surface area contributed by atoms with Crippen LogP contribution in [-0.2, 0) is 22.7 Å². The van der Waals surface area contributed by atoms with Gasteiger partial charge in [-0.1, -0.05) is 30.3 Å². The van der Waals surface area contributed by atoms with E-state index in [0.29, 0.717) is 25.4 Å². The van der Waals surface area contributed by atoms with Crippen LogP contribution in [0.25, 0.3) is 0 Å². The summed E-state index contributed by atoms with van der Waals surface area (Å²) in [4.78, 5) is 24.1. The maximum atomic E-state index is 12.5. The largest absolute Gasteiger partial charge is 0.376 e. The summed E-state index contributed by atoms with van der Waals surface area (Å²) in [7, 11) is 0. The van der Waals surface area contributed by atoms with Gasteiger partial charge in [-0.2, -0.15) is 0 Å². The molecule has 128 valence electrons. The first-order chi connectivity index (χ1) is 11.4. The summed E-state index contributed by atoms with van der Waals surface area (Å²) in [6.45, 7) is 6.90. The van der Waals surface area contributed by atoms with Crippen molar-refractivity contribution < 1.29 is 9.53 Å². The van der Waals surface area contributed by atoms with Crippen molar-refractivity contribution in [3.63, 3.8) is 0 Å². The van der Waals surface area contributed by atoms with Gasteiger partial charge in [0.15, 0.2) is 0 Å². The molecule has 1 heterocycles. The molecule has 1 amide bonds. The molecule has 24 heavy (non-hydrogen) atoms. The van der Waals surface area contributed by atoms with Gasteiger partial charge in [0.05, 0.1) is 24.3 Å². The molecule has 0 saturated carbocycles. The van der Waals surface area contributed by atoms with Gasteiger partial charge in [0, 0.05) is 18.8 Å². The van der Waals surface area contributed by atoms with Crippen molar-refractivity contribution in [2.24, 2.45) is 5.41 Å². The minimum Gasteiger partial charge on any atom is -0.376 e. The highest BCUT2D eigenvalue weighted by molar-refractivity contribution is 5.94. The Kier molecular flexibility index (Phi) is 5.93. The second kappa shape index (κ2) is 7.93. The lowest BCUT2D eigenvalue weighted by Gasteiger charge is -2.23. The fraction of sp³-hybridized carbons (Fsp3) is 0.368. The molecule has 0 aliphatic heterocycles. The third kappa shape index (κ3) is 4.80. The topological polar surface area (TPSA) is 60.3 Å². The number of hydrogen-bond acceptors (Lipinski definition) is 3. The average molecular weight is 328 g/mol. The van der Waals surface area contributed by atoms with E-state index < -0.39 is 5.41 Å². The molecule has 0 aliphatic rings. The fourth-order valence-corrected chi connectivity index (χ4v) is 2.22. The van der Waals surface area contributed by atoms with Gasteiger partial charge in [0.2, 0.25) is 5.91 Å². The Balaban J connectivity index is 1.93. The van der Waals surface area contributed by atoms with E-state index in [1.165, 1.54) is 6.07 Å². The summed E-state index contributed by atoms with van der Waals surface area (Å²) in [6, 6.07) is 12.9. The van der Waals surface area contributed by atoms with E-state index in [2.05, 4.69) is 5.32 Å². The third-order valence-electron chi connectivity index (χ3n) is 3.77. The van der Waals surface area contributed by atoms with Gasteiger partial charge in [-0.05, 0) is 32.4 Å². The van der Waals surface area contributed by atoms with Crippen LogP contribution >= 0.6 is 0 Å². The van der Waals surface area contributed by atoms with Crippen LogP contribution in [-0.4, -0.2) is 17.1 Å². The van der Waals surface area contributed by atoms with Crippen LogP contribution in [0.2, 0.25) is 0 Å². The number of pyridine rings is 1. The van der Waals surface area contributed by atoms with E-state index in [9.17, 15) is 9.59 Å². The second-order valence-electron chi connectivity index (χ2n) is 6.36. The summed E-state index contributed by atoms with van der Waals surface area (Å²) >= 11 is 0. The number of aromatic nitrogens is 1. The number of ether oxygens (including phenoxy) is 1. The Morgan fingerprint density at radius 1 is 1.17 bits per heavy atom. The normalized spacial score (nSPS) is 11.3. The highest BCUT2D eigenvalue weighted by atomic mass is 16.5. The van der Waals surface area contributed by atoms with Crippen LogP contribution < -0.4 is 10.9 Å². The van der Waals surface area contributed by atoms with Crippen molar-refractivity contribution in [3.05, 3.63) is 64.6 Å². The maximum Gasteiger partial charge on any atom is 0.250 e. The number of carbonyl (C=O) groups is 1. The number of anilines is 1. The molecule has 0 radical (unpaired) electrons. The van der Waals surface area contributed by atoms with Crippen LogP contribution in [0.5, 0.6) is 0 Å². The third-order valence-corrected chi connectivity index (χ3v) is 3.77. The molecule has 1 aromatic heterocycles. The van der Waals surface area contributed by atoms with Crippen LogP contribution in [0.15, 0.2) is 53.5 Å². The highest BCUT2D eigenvalue weighted by Gasteiger charge is 2.28. The molecule has 2 rings (SSSR count). The van der Waals surface area contributed by atoms with E-state index >= 15 is 0 Å². The zero-order chi connectivity index (χ0) is 17.6. The van der Waals surface area contributed by atoms with E-state index in [1.807, 2.05) is 51.1 Å². The number of amides is 1. The molecule has 0 saturated heterocycles. The molecule has 5 nitrogen and oxygen atoms in total. The molecule has 0 aliphatic carbocycles. The minimum atomic E-state index is -0.679. The predicted molar refractivity (Wildman–Crippen MR) is 94.9 cm³/mol. The van der Waals surface area contributed by atoms with Crippen LogP contribution in [0, 0.1) is 5.41 Å². The first-order valence-corrected chi connectivity index (χ1v) is 8.06. The van der Waals surface area contributed by atoms with Gasteiger partial charge < -0.3 is 14.6 Å². The van der Waals surface area contributed by atoms with Gasteiger partial charge in [-0.15, -0.1) is 0 Å².